The Bertz CT molecular complexity index is 924. The van der Waals surface area contributed by atoms with Gasteiger partial charge in [0, 0.05) is 5.56 Å². The van der Waals surface area contributed by atoms with Crippen LogP contribution in [0, 0.1) is 5.82 Å². The molecule has 0 saturated carbocycles. The first-order valence-corrected chi connectivity index (χ1v) is 8.41. The van der Waals surface area contributed by atoms with Gasteiger partial charge < -0.3 is 15.2 Å². The van der Waals surface area contributed by atoms with Crippen molar-refractivity contribution in [2.75, 3.05) is 7.11 Å². The van der Waals surface area contributed by atoms with Crippen molar-refractivity contribution in [1.82, 2.24) is 15.5 Å². The molecule has 0 aliphatic rings. The number of rotatable bonds is 6. The fourth-order valence-corrected chi connectivity index (χ4v) is 2.78. The quantitative estimate of drug-likeness (QED) is 0.623. The van der Waals surface area contributed by atoms with E-state index >= 15 is 0 Å². The molecule has 0 aliphatic heterocycles. The van der Waals surface area contributed by atoms with E-state index in [1.54, 1.807) is 32.2 Å². The number of aromatic amines is 1. The molecule has 0 spiro atoms. The van der Waals surface area contributed by atoms with Crippen molar-refractivity contribution in [2.24, 2.45) is 0 Å². The summed E-state index contributed by atoms with van der Waals surface area (Å²) in [5.41, 5.74) is 2.07. The Hall–Kier alpha value is -3.19. The van der Waals surface area contributed by atoms with Crippen LogP contribution in [-0.2, 0) is 0 Å². The molecule has 3 N–H and O–H groups in total. The van der Waals surface area contributed by atoms with E-state index in [1.165, 1.54) is 24.4 Å². The number of ether oxygens (including phenoxy) is 1. The second kappa shape index (κ2) is 8.01. The zero-order valence-electron chi connectivity index (χ0n) is 14.9. The van der Waals surface area contributed by atoms with Crippen molar-refractivity contribution in [3.05, 3.63) is 71.7 Å². The molecule has 27 heavy (non-hydrogen) atoms. The van der Waals surface area contributed by atoms with E-state index in [0.29, 0.717) is 22.6 Å². The molecule has 1 amide bonds. The molecule has 2 aromatic carbocycles. The number of carbonyl (C=O) groups excluding carboxylic acids is 1. The molecule has 3 rings (SSSR count). The number of hydrogen-bond donors (Lipinski definition) is 3. The molecular weight excluding hydrogens is 349 g/mol. The SMILES string of the molecule is COc1ccc(-c2[nH]ncc2C(=O)NC(C)C(O)c2cccc(F)c2)cc1. The molecule has 0 bridgehead atoms. The minimum absolute atomic E-state index is 0.346. The Kier molecular flexibility index (Phi) is 5.52. The van der Waals surface area contributed by atoms with Crippen LogP contribution in [0.1, 0.15) is 28.9 Å². The van der Waals surface area contributed by atoms with Gasteiger partial charge in [0.25, 0.3) is 5.91 Å². The maximum Gasteiger partial charge on any atom is 0.255 e. The molecule has 3 aromatic rings. The third-order valence-corrected chi connectivity index (χ3v) is 4.29. The maximum absolute atomic E-state index is 13.4. The molecule has 1 heterocycles. The van der Waals surface area contributed by atoms with Crippen molar-refractivity contribution in [2.45, 2.75) is 19.1 Å². The Morgan fingerprint density at radius 3 is 2.67 bits per heavy atom. The van der Waals surface area contributed by atoms with Gasteiger partial charge in [-0.2, -0.15) is 5.10 Å². The molecule has 0 saturated heterocycles. The van der Waals surface area contributed by atoms with E-state index in [0.717, 1.165) is 5.56 Å². The fourth-order valence-electron chi connectivity index (χ4n) is 2.78. The zero-order valence-corrected chi connectivity index (χ0v) is 14.9. The number of aliphatic hydroxyl groups is 1. The summed E-state index contributed by atoms with van der Waals surface area (Å²) in [7, 11) is 1.58. The topological polar surface area (TPSA) is 87.2 Å². The molecule has 2 atom stereocenters. The molecule has 0 radical (unpaired) electrons. The molecule has 0 aliphatic carbocycles. The van der Waals surface area contributed by atoms with E-state index in [1.807, 2.05) is 12.1 Å². The van der Waals surface area contributed by atoms with Crippen LogP contribution in [0.4, 0.5) is 4.39 Å². The van der Waals surface area contributed by atoms with Gasteiger partial charge in [-0.25, -0.2) is 4.39 Å². The normalized spacial score (nSPS) is 13.0. The lowest BCUT2D eigenvalue weighted by molar-refractivity contribution is 0.0852. The number of halogens is 1. The first-order valence-electron chi connectivity index (χ1n) is 8.41. The molecule has 0 fully saturated rings. The van der Waals surface area contributed by atoms with E-state index in [-0.39, 0.29) is 0 Å². The van der Waals surface area contributed by atoms with Gasteiger partial charge in [0.05, 0.1) is 36.7 Å². The Labute approximate surface area is 156 Å². The average Bonchev–Trinajstić information content (AvgIpc) is 3.17. The minimum Gasteiger partial charge on any atom is -0.497 e. The molecule has 1 aromatic heterocycles. The summed E-state index contributed by atoms with van der Waals surface area (Å²) in [4.78, 5) is 12.7. The summed E-state index contributed by atoms with van der Waals surface area (Å²) >= 11 is 0. The van der Waals surface area contributed by atoms with Crippen molar-refractivity contribution in [1.29, 1.82) is 0 Å². The number of aliphatic hydroxyl groups excluding tert-OH is 1. The Morgan fingerprint density at radius 1 is 1.26 bits per heavy atom. The first-order chi connectivity index (χ1) is 13.0. The van der Waals surface area contributed by atoms with Gasteiger partial charge in [-0.1, -0.05) is 12.1 Å². The molecule has 7 heteroatoms. The summed E-state index contributed by atoms with van der Waals surface area (Å²) in [6.45, 7) is 1.65. The molecular formula is C20H20FN3O3. The second-order valence-electron chi connectivity index (χ2n) is 6.15. The number of benzene rings is 2. The van der Waals surface area contributed by atoms with Crippen LogP contribution in [0.5, 0.6) is 5.75 Å². The summed E-state index contributed by atoms with van der Waals surface area (Å²) in [5.74, 6) is -0.129. The van der Waals surface area contributed by atoms with Crippen LogP contribution in [0.3, 0.4) is 0 Å². The van der Waals surface area contributed by atoms with Crippen LogP contribution < -0.4 is 10.1 Å². The van der Waals surface area contributed by atoms with Gasteiger partial charge >= 0.3 is 0 Å². The van der Waals surface area contributed by atoms with Crippen molar-refractivity contribution in [3.8, 4) is 17.0 Å². The monoisotopic (exact) mass is 369 g/mol. The number of methoxy groups -OCH3 is 1. The predicted molar refractivity (Wildman–Crippen MR) is 98.9 cm³/mol. The van der Waals surface area contributed by atoms with Crippen molar-refractivity contribution >= 4 is 5.91 Å². The number of H-pyrrole nitrogens is 1. The van der Waals surface area contributed by atoms with E-state index < -0.39 is 23.9 Å². The maximum atomic E-state index is 13.4. The van der Waals surface area contributed by atoms with Crippen LogP contribution in [0.15, 0.2) is 54.7 Å². The summed E-state index contributed by atoms with van der Waals surface area (Å²) in [5, 5.41) is 19.9. The minimum atomic E-state index is -1.04. The van der Waals surface area contributed by atoms with Gasteiger partial charge in [-0.15, -0.1) is 0 Å². The smallest absolute Gasteiger partial charge is 0.255 e. The van der Waals surface area contributed by atoms with Crippen LogP contribution in [0.2, 0.25) is 0 Å². The lowest BCUT2D eigenvalue weighted by Gasteiger charge is -2.20. The highest BCUT2D eigenvalue weighted by Gasteiger charge is 2.22. The average molecular weight is 369 g/mol. The zero-order chi connectivity index (χ0) is 19.4. The van der Waals surface area contributed by atoms with E-state index in [4.69, 9.17) is 4.74 Å². The number of aromatic nitrogens is 2. The van der Waals surface area contributed by atoms with Gasteiger partial charge in [-0.3, -0.25) is 9.89 Å². The van der Waals surface area contributed by atoms with Crippen LogP contribution in [0.25, 0.3) is 11.3 Å². The summed E-state index contributed by atoms with van der Waals surface area (Å²) in [6.07, 6.45) is 0.386. The number of hydrogen-bond acceptors (Lipinski definition) is 4. The highest BCUT2D eigenvalue weighted by Crippen LogP contribution is 2.24. The summed E-state index contributed by atoms with van der Waals surface area (Å²) < 4.78 is 18.5. The molecule has 2 unspecified atom stereocenters. The van der Waals surface area contributed by atoms with E-state index in [9.17, 15) is 14.3 Å². The highest BCUT2D eigenvalue weighted by atomic mass is 19.1. The Balaban J connectivity index is 1.75. The van der Waals surface area contributed by atoms with Gasteiger partial charge in [0.1, 0.15) is 11.6 Å². The predicted octanol–water partition coefficient (Wildman–Crippen LogP) is 3.08. The number of nitrogens with zero attached hydrogens (tertiary/aromatic N) is 1. The summed E-state index contributed by atoms with van der Waals surface area (Å²) in [6, 6.07) is 12.2. The Morgan fingerprint density at radius 2 is 2.00 bits per heavy atom. The van der Waals surface area contributed by atoms with Crippen LogP contribution >= 0.6 is 0 Å². The van der Waals surface area contributed by atoms with Crippen LogP contribution in [-0.4, -0.2) is 34.4 Å². The third kappa shape index (κ3) is 4.15. The lowest BCUT2D eigenvalue weighted by atomic mass is 10.0. The third-order valence-electron chi connectivity index (χ3n) is 4.29. The number of amides is 1. The second-order valence-corrected chi connectivity index (χ2v) is 6.15. The lowest BCUT2D eigenvalue weighted by Crippen LogP contribution is -2.37. The number of carbonyl (C=O) groups is 1. The van der Waals surface area contributed by atoms with Gasteiger partial charge in [0.15, 0.2) is 0 Å². The number of nitrogens with one attached hydrogen (secondary N) is 2. The largest absolute Gasteiger partial charge is 0.497 e. The van der Waals surface area contributed by atoms with E-state index in [2.05, 4.69) is 15.5 Å². The molecule has 6 nitrogen and oxygen atoms in total. The highest BCUT2D eigenvalue weighted by molar-refractivity contribution is 5.99. The fraction of sp³-hybridized carbons (Fsp3) is 0.200. The van der Waals surface area contributed by atoms with Crippen molar-refractivity contribution < 1.29 is 19.0 Å². The van der Waals surface area contributed by atoms with Gasteiger partial charge in [0.2, 0.25) is 0 Å². The van der Waals surface area contributed by atoms with Crippen molar-refractivity contribution in [3.63, 3.8) is 0 Å². The van der Waals surface area contributed by atoms with Gasteiger partial charge in [-0.05, 0) is 48.9 Å². The molecule has 140 valence electrons. The first kappa shape index (κ1) is 18.6. The standard InChI is InChI=1S/C20H20FN3O3/c1-12(19(25)14-4-3-5-15(21)10-14)23-20(26)17-11-22-24-18(17)13-6-8-16(27-2)9-7-13/h3-12,19,25H,1-2H3,(H,22,24)(H,23,26).